The number of hydrogen-bond acceptors (Lipinski definition) is 7. The topological polar surface area (TPSA) is 93.9 Å². The first-order chi connectivity index (χ1) is 16.5. The fourth-order valence-electron chi connectivity index (χ4n) is 4.01. The molecule has 2 atom stereocenters. The minimum Gasteiger partial charge on any atom is -0.469 e. The number of nitrogens with zero attached hydrogens (tertiary/aromatic N) is 2. The molecule has 1 aliphatic rings. The van der Waals surface area contributed by atoms with Gasteiger partial charge in [0.05, 0.1) is 31.5 Å². The molecule has 1 N–H and O–H groups in total. The van der Waals surface area contributed by atoms with Gasteiger partial charge in [-0.25, -0.2) is 4.79 Å². The molecule has 1 fully saturated rings. The summed E-state index contributed by atoms with van der Waals surface area (Å²) in [5.41, 5.74) is 2.14. The number of esters is 2. The van der Waals surface area contributed by atoms with E-state index in [9.17, 15) is 9.59 Å². The van der Waals surface area contributed by atoms with Crippen molar-refractivity contribution in [2.75, 3.05) is 20.8 Å². The van der Waals surface area contributed by atoms with Gasteiger partial charge in [0.1, 0.15) is 17.6 Å². The number of thiocarbonyl (C=S) groups is 1. The first-order valence-electron chi connectivity index (χ1n) is 10.8. The number of rotatable bonds is 8. The van der Waals surface area contributed by atoms with Crippen molar-refractivity contribution in [1.82, 2.24) is 15.2 Å². The average molecular weight is 480 g/mol. The van der Waals surface area contributed by atoms with E-state index in [0.29, 0.717) is 41.6 Å². The highest BCUT2D eigenvalue weighted by molar-refractivity contribution is 7.80. The van der Waals surface area contributed by atoms with E-state index in [2.05, 4.69) is 10.3 Å². The minimum absolute atomic E-state index is 0.215. The predicted octanol–water partition coefficient (Wildman–Crippen LogP) is 4.05. The van der Waals surface area contributed by atoms with Crippen LogP contribution in [0.5, 0.6) is 0 Å². The first-order valence-corrected chi connectivity index (χ1v) is 11.3. The van der Waals surface area contributed by atoms with E-state index in [1.165, 1.54) is 14.2 Å². The SMILES string of the molecule is COC(=O)CCCN1C(=S)N[C@H](c2ccccn2)[C@@H]1c1ccc(-c2ccc(C(=O)OC)cc2)o1. The van der Waals surface area contributed by atoms with E-state index in [0.717, 1.165) is 11.3 Å². The third kappa shape index (κ3) is 4.94. The lowest BCUT2D eigenvalue weighted by atomic mass is 10.0. The number of carbonyl (C=O) groups is 2. The summed E-state index contributed by atoms with van der Waals surface area (Å²) in [4.78, 5) is 29.9. The summed E-state index contributed by atoms with van der Waals surface area (Å²) in [7, 11) is 2.73. The van der Waals surface area contributed by atoms with E-state index in [1.807, 2.05) is 47.4 Å². The van der Waals surface area contributed by atoms with E-state index >= 15 is 0 Å². The molecule has 1 aliphatic heterocycles. The lowest BCUT2D eigenvalue weighted by Crippen LogP contribution is -2.30. The summed E-state index contributed by atoms with van der Waals surface area (Å²) in [5.74, 6) is 0.733. The van der Waals surface area contributed by atoms with Crippen molar-refractivity contribution in [3.05, 3.63) is 77.8 Å². The zero-order valence-electron chi connectivity index (χ0n) is 18.9. The monoisotopic (exact) mass is 479 g/mol. The maximum Gasteiger partial charge on any atom is 0.337 e. The number of methoxy groups -OCH3 is 2. The molecule has 0 radical (unpaired) electrons. The third-order valence-corrected chi connectivity index (χ3v) is 6.07. The van der Waals surface area contributed by atoms with E-state index in [4.69, 9.17) is 26.1 Å². The lowest BCUT2D eigenvalue weighted by molar-refractivity contribution is -0.140. The van der Waals surface area contributed by atoms with Crippen LogP contribution in [0.3, 0.4) is 0 Å². The van der Waals surface area contributed by atoms with Crippen LogP contribution in [0.2, 0.25) is 0 Å². The molecule has 1 aromatic carbocycles. The number of ether oxygens (including phenoxy) is 2. The highest BCUT2D eigenvalue weighted by atomic mass is 32.1. The Labute approximate surface area is 202 Å². The van der Waals surface area contributed by atoms with Crippen LogP contribution >= 0.6 is 12.2 Å². The van der Waals surface area contributed by atoms with Crippen LogP contribution in [-0.2, 0) is 14.3 Å². The molecule has 4 rings (SSSR count). The van der Waals surface area contributed by atoms with Gasteiger partial charge in [-0.15, -0.1) is 0 Å². The molecule has 8 nitrogen and oxygen atoms in total. The average Bonchev–Trinajstić information content (AvgIpc) is 3.49. The van der Waals surface area contributed by atoms with Crippen molar-refractivity contribution >= 4 is 29.3 Å². The van der Waals surface area contributed by atoms with Gasteiger partial charge in [-0.3, -0.25) is 9.78 Å². The molecule has 176 valence electrons. The molecule has 9 heteroatoms. The number of benzene rings is 1. The number of nitrogens with one attached hydrogen (secondary N) is 1. The Bertz CT molecular complexity index is 1160. The van der Waals surface area contributed by atoms with Crippen LogP contribution in [0.25, 0.3) is 11.3 Å². The van der Waals surface area contributed by atoms with Gasteiger partial charge < -0.3 is 24.1 Å². The highest BCUT2D eigenvalue weighted by Crippen LogP contribution is 2.40. The number of aromatic nitrogens is 1. The van der Waals surface area contributed by atoms with Crippen molar-refractivity contribution in [3.63, 3.8) is 0 Å². The molecule has 0 aliphatic carbocycles. The molecule has 0 spiro atoms. The first kappa shape index (κ1) is 23.4. The van der Waals surface area contributed by atoms with Gasteiger partial charge in [-0.1, -0.05) is 18.2 Å². The van der Waals surface area contributed by atoms with Gasteiger partial charge in [0, 0.05) is 24.7 Å². The van der Waals surface area contributed by atoms with Crippen LogP contribution in [0.15, 0.2) is 65.2 Å². The smallest absolute Gasteiger partial charge is 0.337 e. The van der Waals surface area contributed by atoms with Crippen molar-refractivity contribution in [1.29, 1.82) is 0 Å². The fourth-order valence-corrected chi connectivity index (χ4v) is 4.34. The summed E-state index contributed by atoms with van der Waals surface area (Å²) in [6, 6.07) is 16.1. The Morgan fingerprint density at radius 1 is 1.09 bits per heavy atom. The van der Waals surface area contributed by atoms with E-state index in [1.54, 1.807) is 18.3 Å². The van der Waals surface area contributed by atoms with Crippen molar-refractivity contribution in [2.24, 2.45) is 0 Å². The van der Waals surface area contributed by atoms with Gasteiger partial charge in [-0.2, -0.15) is 0 Å². The molecule has 1 saturated heterocycles. The second-order valence-electron chi connectivity index (χ2n) is 7.77. The molecular formula is C25H25N3O5S. The molecule has 3 heterocycles. The number of pyridine rings is 1. The molecule has 0 saturated carbocycles. The Hall–Kier alpha value is -3.72. The van der Waals surface area contributed by atoms with Crippen molar-refractivity contribution in [3.8, 4) is 11.3 Å². The Balaban J connectivity index is 1.62. The predicted molar refractivity (Wildman–Crippen MR) is 129 cm³/mol. The normalized spacial score (nSPS) is 17.4. The summed E-state index contributed by atoms with van der Waals surface area (Å²) in [6.07, 6.45) is 2.63. The third-order valence-electron chi connectivity index (χ3n) is 5.71. The fraction of sp³-hybridized carbons (Fsp3) is 0.280. The van der Waals surface area contributed by atoms with Gasteiger partial charge in [0.2, 0.25) is 0 Å². The summed E-state index contributed by atoms with van der Waals surface area (Å²) in [6.45, 7) is 0.554. The lowest BCUT2D eigenvalue weighted by Gasteiger charge is -2.25. The Kier molecular flexibility index (Phi) is 7.22. The van der Waals surface area contributed by atoms with Crippen LogP contribution < -0.4 is 5.32 Å². The van der Waals surface area contributed by atoms with Gasteiger partial charge >= 0.3 is 11.9 Å². The largest absolute Gasteiger partial charge is 0.469 e. The van der Waals surface area contributed by atoms with Crippen LogP contribution in [-0.4, -0.2) is 47.7 Å². The van der Waals surface area contributed by atoms with Gasteiger partial charge in [0.25, 0.3) is 0 Å². The van der Waals surface area contributed by atoms with Crippen LogP contribution in [0, 0.1) is 0 Å². The maximum atomic E-state index is 11.7. The van der Waals surface area contributed by atoms with Crippen molar-refractivity contribution < 1.29 is 23.5 Å². The minimum atomic E-state index is -0.391. The zero-order chi connectivity index (χ0) is 24.1. The second-order valence-corrected chi connectivity index (χ2v) is 8.16. The molecule has 3 aromatic rings. The second kappa shape index (κ2) is 10.5. The summed E-state index contributed by atoms with van der Waals surface area (Å²) >= 11 is 5.64. The van der Waals surface area contributed by atoms with Crippen molar-refractivity contribution in [2.45, 2.75) is 24.9 Å². The maximum absolute atomic E-state index is 11.7. The van der Waals surface area contributed by atoms with E-state index in [-0.39, 0.29) is 18.1 Å². The number of carbonyl (C=O) groups excluding carboxylic acids is 2. The summed E-state index contributed by atoms with van der Waals surface area (Å²) < 4.78 is 15.8. The van der Waals surface area contributed by atoms with Crippen LogP contribution in [0.1, 0.15) is 46.7 Å². The standard InChI is InChI=1S/C25H25N3O5S/c1-31-21(29)7-5-15-28-23(22(27-25(28)34)18-6-3-4-14-26-18)20-13-12-19(33-20)16-8-10-17(11-9-16)24(30)32-2/h3-4,6,8-14,22-23H,5,7,15H2,1-2H3,(H,27,34)/t22-,23+/m1/s1. The molecule has 0 amide bonds. The molecule has 0 bridgehead atoms. The van der Waals surface area contributed by atoms with E-state index < -0.39 is 5.97 Å². The Morgan fingerprint density at radius 2 is 1.88 bits per heavy atom. The highest BCUT2D eigenvalue weighted by Gasteiger charge is 2.41. The zero-order valence-corrected chi connectivity index (χ0v) is 19.7. The van der Waals surface area contributed by atoms with Gasteiger partial charge in [0.15, 0.2) is 5.11 Å². The molecule has 2 aromatic heterocycles. The number of furan rings is 1. The number of hydrogen-bond donors (Lipinski definition) is 1. The molecular weight excluding hydrogens is 454 g/mol. The Morgan fingerprint density at radius 3 is 2.56 bits per heavy atom. The van der Waals surface area contributed by atoms with Crippen LogP contribution in [0.4, 0.5) is 0 Å². The quantitative estimate of drug-likeness (QED) is 0.379. The summed E-state index contributed by atoms with van der Waals surface area (Å²) in [5, 5.41) is 3.94. The molecule has 0 unspecified atom stereocenters. The molecule has 34 heavy (non-hydrogen) atoms. The van der Waals surface area contributed by atoms with Gasteiger partial charge in [-0.05, 0) is 55.0 Å².